The molecular formula is C12H15N3O5. The first-order valence-electron chi connectivity index (χ1n) is 5.70. The molecule has 0 radical (unpaired) electrons. The van der Waals surface area contributed by atoms with Gasteiger partial charge in [-0.3, -0.25) is 4.79 Å². The number of urea groups is 1. The van der Waals surface area contributed by atoms with E-state index < -0.39 is 23.8 Å². The molecule has 1 atom stereocenters. The number of amides is 3. The van der Waals surface area contributed by atoms with E-state index in [4.69, 9.17) is 5.11 Å². The Labute approximate surface area is 114 Å². The van der Waals surface area contributed by atoms with Crippen LogP contribution in [0, 0.1) is 0 Å². The summed E-state index contributed by atoms with van der Waals surface area (Å²) in [6.07, 6.45) is 0. The summed E-state index contributed by atoms with van der Waals surface area (Å²) < 4.78 is 0. The van der Waals surface area contributed by atoms with E-state index >= 15 is 0 Å². The number of benzene rings is 1. The van der Waals surface area contributed by atoms with Gasteiger partial charge in [-0.1, -0.05) is 0 Å². The second-order valence-corrected chi connectivity index (χ2v) is 3.97. The Bertz CT molecular complexity index is 544. The number of hydrogen-bond donors (Lipinski definition) is 5. The van der Waals surface area contributed by atoms with E-state index in [1.165, 1.54) is 20.0 Å². The molecule has 0 spiro atoms. The van der Waals surface area contributed by atoms with Gasteiger partial charge < -0.3 is 26.2 Å². The zero-order valence-corrected chi connectivity index (χ0v) is 10.9. The molecule has 8 nitrogen and oxygen atoms in total. The lowest BCUT2D eigenvalue weighted by Crippen LogP contribution is -2.45. The molecule has 0 aliphatic heterocycles. The van der Waals surface area contributed by atoms with Crippen molar-refractivity contribution in [1.29, 1.82) is 0 Å². The lowest BCUT2D eigenvalue weighted by Gasteiger charge is -2.13. The summed E-state index contributed by atoms with van der Waals surface area (Å²) in [5, 5.41) is 25.3. The molecule has 1 aromatic rings. The fraction of sp³-hybridized carbons (Fsp3) is 0.250. The lowest BCUT2D eigenvalue weighted by molar-refractivity contribution is -0.122. The van der Waals surface area contributed by atoms with Gasteiger partial charge in [0.1, 0.15) is 17.4 Å². The van der Waals surface area contributed by atoms with Crippen LogP contribution < -0.4 is 16.0 Å². The van der Waals surface area contributed by atoms with Crippen LogP contribution in [0.3, 0.4) is 0 Å². The molecule has 0 aliphatic carbocycles. The highest BCUT2D eigenvalue weighted by molar-refractivity contribution is 5.95. The van der Waals surface area contributed by atoms with Crippen molar-refractivity contribution < 1.29 is 24.6 Å². The molecule has 1 unspecified atom stereocenters. The van der Waals surface area contributed by atoms with Crippen LogP contribution in [0.15, 0.2) is 18.2 Å². The van der Waals surface area contributed by atoms with E-state index in [1.54, 1.807) is 0 Å². The fourth-order valence-corrected chi connectivity index (χ4v) is 1.44. The molecule has 0 aromatic heterocycles. The number of aromatic hydroxyl groups is 1. The van der Waals surface area contributed by atoms with Gasteiger partial charge in [-0.2, -0.15) is 0 Å². The summed E-state index contributed by atoms with van der Waals surface area (Å²) >= 11 is 0. The molecule has 0 bridgehead atoms. The number of carbonyl (C=O) groups is 3. The molecular weight excluding hydrogens is 266 g/mol. The van der Waals surface area contributed by atoms with Crippen molar-refractivity contribution in [3.05, 3.63) is 23.8 Å². The Hall–Kier alpha value is -2.77. The number of nitrogens with one attached hydrogen (secondary N) is 3. The average Bonchev–Trinajstić information content (AvgIpc) is 2.37. The van der Waals surface area contributed by atoms with Crippen LogP contribution in [-0.4, -0.2) is 41.2 Å². The summed E-state index contributed by atoms with van der Waals surface area (Å²) in [7, 11) is 1.45. The molecule has 0 heterocycles. The topological polar surface area (TPSA) is 128 Å². The zero-order chi connectivity index (χ0) is 15.3. The van der Waals surface area contributed by atoms with Crippen molar-refractivity contribution in [1.82, 2.24) is 10.6 Å². The number of carbonyl (C=O) groups excluding carboxylic acids is 2. The monoisotopic (exact) mass is 281 g/mol. The number of carboxylic acids is 1. The molecule has 1 aromatic carbocycles. The summed E-state index contributed by atoms with van der Waals surface area (Å²) in [4.78, 5) is 33.5. The largest absolute Gasteiger partial charge is 0.507 e. The summed E-state index contributed by atoms with van der Waals surface area (Å²) in [5.41, 5.74) is -0.0659. The van der Waals surface area contributed by atoms with Gasteiger partial charge in [-0.15, -0.1) is 0 Å². The van der Waals surface area contributed by atoms with Crippen LogP contribution in [0.5, 0.6) is 5.75 Å². The minimum Gasteiger partial charge on any atom is -0.507 e. The number of hydrogen-bond acceptors (Lipinski definition) is 4. The molecule has 3 amide bonds. The number of carboxylic acid groups (broad SMARTS) is 1. The maximum atomic E-state index is 11.6. The predicted molar refractivity (Wildman–Crippen MR) is 70.7 cm³/mol. The number of likely N-dealkylation sites (N-methyl/N-ethyl adjacent to an activating group) is 1. The number of anilines is 1. The summed E-state index contributed by atoms with van der Waals surface area (Å²) in [6, 6.07) is 2.21. The average molecular weight is 281 g/mol. The molecule has 0 fully saturated rings. The van der Waals surface area contributed by atoms with Gasteiger partial charge >= 0.3 is 12.0 Å². The van der Waals surface area contributed by atoms with Gasteiger partial charge in [0.25, 0.3) is 0 Å². The first-order chi connectivity index (χ1) is 9.35. The van der Waals surface area contributed by atoms with Crippen LogP contribution in [0.4, 0.5) is 10.5 Å². The van der Waals surface area contributed by atoms with Crippen molar-refractivity contribution in [2.75, 3.05) is 12.4 Å². The highest BCUT2D eigenvalue weighted by Crippen LogP contribution is 2.21. The van der Waals surface area contributed by atoms with E-state index in [9.17, 15) is 19.5 Å². The minimum atomic E-state index is -1.27. The van der Waals surface area contributed by atoms with Gasteiger partial charge in [0.05, 0.1) is 0 Å². The van der Waals surface area contributed by atoms with Gasteiger partial charge in [-0.25, -0.2) is 9.59 Å². The molecule has 0 aliphatic rings. The fourth-order valence-electron chi connectivity index (χ4n) is 1.44. The van der Waals surface area contributed by atoms with E-state index in [-0.39, 0.29) is 17.2 Å². The van der Waals surface area contributed by atoms with Crippen LogP contribution in [0.25, 0.3) is 0 Å². The third-order valence-electron chi connectivity index (χ3n) is 2.47. The van der Waals surface area contributed by atoms with E-state index in [0.29, 0.717) is 0 Å². The maximum absolute atomic E-state index is 11.6. The van der Waals surface area contributed by atoms with Crippen LogP contribution in [0.2, 0.25) is 0 Å². The molecule has 20 heavy (non-hydrogen) atoms. The first kappa shape index (κ1) is 15.3. The first-order valence-corrected chi connectivity index (χ1v) is 5.70. The van der Waals surface area contributed by atoms with E-state index in [0.717, 1.165) is 12.1 Å². The smallest absolute Gasteiger partial charge is 0.339 e. The minimum absolute atomic E-state index is 0.203. The Kier molecular flexibility index (Phi) is 4.90. The van der Waals surface area contributed by atoms with Crippen LogP contribution in [0.1, 0.15) is 17.3 Å². The normalized spacial score (nSPS) is 11.3. The molecule has 108 valence electrons. The van der Waals surface area contributed by atoms with Crippen molar-refractivity contribution in [3.63, 3.8) is 0 Å². The Morgan fingerprint density at radius 1 is 1.25 bits per heavy atom. The van der Waals surface area contributed by atoms with Crippen molar-refractivity contribution in [2.24, 2.45) is 0 Å². The second kappa shape index (κ2) is 6.41. The molecule has 1 rings (SSSR count). The van der Waals surface area contributed by atoms with Crippen molar-refractivity contribution >= 4 is 23.6 Å². The van der Waals surface area contributed by atoms with Crippen LogP contribution in [-0.2, 0) is 4.79 Å². The highest BCUT2D eigenvalue weighted by atomic mass is 16.4. The Balaban J connectivity index is 2.69. The van der Waals surface area contributed by atoms with Crippen molar-refractivity contribution in [3.8, 4) is 5.75 Å². The standard InChI is InChI=1S/C12H15N3O5/c1-6(10(17)13-2)14-12(20)15-7-3-4-8(11(18)19)9(16)5-7/h3-6,16H,1-2H3,(H,13,17)(H,18,19)(H2,14,15,20). The van der Waals surface area contributed by atoms with Gasteiger partial charge in [0.15, 0.2) is 0 Å². The van der Waals surface area contributed by atoms with Gasteiger partial charge in [0, 0.05) is 18.8 Å². The third kappa shape index (κ3) is 3.87. The Morgan fingerprint density at radius 3 is 2.40 bits per heavy atom. The molecule has 0 saturated heterocycles. The SMILES string of the molecule is CNC(=O)C(C)NC(=O)Nc1ccc(C(=O)O)c(O)c1. The molecule has 0 saturated carbocycles. The van der Waals surface area contributed by atoms with E-state index in [2.05, 4.69) is 16.0 Å². The van der Waals surface area contributed by atoms with Crippen LogP contribution >= 0.6 is 0 Å². The van der Waals surface area contributed by atoms with Gasteiger partial charge in [0.2, 0.25) is 5.91 Å². The quantitative estimate of drug-likeness (QED) is 0.544. The Morgan fingerprint density at radius 2 is 1.90 bits per heavy atom. The molecule has 5 N–H and O–H groups in total. The number of rotatable bonds is 4. The summed E-state index contributed by atoms with van der Waals surface area (Å²) in [5.74, 6) is -2.09. The highest BCUT2D eigenvalue weighted by Gasteiger charge is 2.15. The van der Waals surface area contributed by atoms with Crippen molar-refractivity contribution in [2.45, 2.75) is 13.0 Å². The third-order valence-corrected chi connectivity index (χ3v) is 2.47. The number of phenols is 1. The summed E-state index contributed by atoms with van der Waals surface area (Å²) in [6.45, 7) is 1.50. The predicted octanol–water partition coefficient (Wildman–Crippen LogP) is 0.346. The lowest BCUT2D eigenvalue weighted by atomic mass is 10.2. The second-order valence-electron chi connectivity index (χ2n) is 3.97. The maximum Gasteiger partial charge on any atom is 0.339 e. The number of aromatic carboxylic acids is 1. The molecule has 8 heteroatoms. The zero-order valence-electron chi connectivity index (χ0n) is 10.9. The van der Waals surface area contributed by atoms with Gasteiger partial charge in [-0.05, 0) is 19.1 Å². The van der Waals surface area contributed by atoms with E-state index in [1.807, 2.05) is 0 Å².